The zero-order chi connectivity index (χ0) is 16.3. The lowest BCUT2D eigenvalue weighted by Gasteiger charge is -2.14. The lowest BCUT2D eigenvalue weighted by Crippen LogP contribution is -2.22. The molecule has 116 valence electrons. The first-order valence-electron chi connectivity index (χ1n) is 6.94. The molecule has 22 heavy (non-hydrogen) atoms. The lowest BCUT2D eigenvalue weighted by molar-refractivity contribution is -0.119. The van der Waals surface area contributed by atoms with E-state index in [-0.39, 0.29) is 23.3 Å². The molecule has 2 aromatic carbocycles. The molecule has 0 radical (unpaired) electrons. The highest BCUT2D eigenvalue weighted by atomic mass is 127. The number of aromatic hydroxyl groups is 2. The highest BCUT2D eigenvalue weighted by molar-refractivity contribution is 14.1. The maximum absolute atomic E-state index is 12.3. The van der Waals surface area contributed by atoms with Gasteiger partial charge in [-0.15, -0.1) is 0 Å². The first-order chi connectivity index (χ1) is 10.4. The Hall–Kier alpha value is -1.76. The number of rotatable bonds is 4. The van der Waals surface area contributed by atoms with Crippen molar-refractivity contribution in [2.24, 2.45) is 5.92 Å². The van der Waals surface area contributed by atoms with Gasteiger partial charge in [-0.05, 0) is 77.4 Å². The van der Waals surface area contributed by atoms with Crippen LogP contribution in [0.4, 0.5) is 5.69 Å². The quantitative estimate of drug-likeness (QED) is 0.529. The lowest BCUT2D eigenvalue weighted by atomic mass is 9.99. The van der Waals surface area contributed by atoms with Gasteiger partial charge in [0.1, 0.15) is 0 Å². The summed E-state index contributed by atoms with van der Waals surface area (Å²) in [6, 6.07) is 10.5. The molecule has 4 nitrogen and oxygen atoms in total. The fraction of sp³-hybridized carbons (Fsp3) is 0.235. The second-order valence-electron chi connectivity index (χ2n) is 5.38. The number of phenols is 2. The van der Waals surface area contributed by atoms with E-state index in [0.29, 0.717) is 6.42 Å². The van der Waals surface area contributed by atoms with Crippen LogP contribution in [0.3, 0.4) is 0 Å². The average molecular weight is 411 g/mol. The third-order valence-electron chi connectivity index (χ3n) is 3.48. The zero-order valence-corrected chi connectivity index (χ0v) is 14.6. The second kappa shape index (κ2) is 7.00. The van der Waals surface area contributed by atoms with Gasteiger partial charge in [-0.3, -0.25) is 4.79 Å². The van der Waals surface area contributed by atoms with E-state index in [2.05, 4.69) is 27.9 Å². The molecule has 0 aromatic heterocycles. The summed E-state index contributed by atoms with van der Waals surface area (Å²) in [5, 5.41) is 21.7. The molecule has 0 aliphatic carbocycles. The molecule has 3 N–H and O–H groups in total. The molecule has 2 aromatic rings. The molecule has 2 rings (SSSR count). The molecule has 5 heteroatoms. The number of hydrogen-bond donors (Lipinski definition) is 3. The highest BCUT2D eigenvalue weighted by Gasteiger charge is 2.15. The molecular formula is C17H18INO3. The molecule has 0 saturated carbocycles. The molecule has 0 bridgehead atoms. The predicted molar refractivity (Wildman–Crippen MR) is 95.2 cm³/mol. The van der Waals surface area contributed by atoms with Crippen molar-refractivity contribution >= 4 is 34.2 Å². The Balaban J connectivity index is 2.04. The van der Waals surface area contributed by atoms with Gasteiger partial charge in [-0.1, -0.05) is 13.0 Å². The van der Waals surface area contributed by atoms with Crippen molar-refractivity contribution in [3.05, 3.63) is 51.1 Å². The summed E-state index contributed by atoms with van der Waals surface area (Å²) in [4.78, 5) is 12.3. The van der Waals surface area contributed by atoms with Gasteiger partial charge in [0, 0.05) is 15.2 Å². The second-order valence-corrected chi connectivity index (χ2v) is 6.62. The van der Waals surface area contributed by atoms with E-state index in [1.165, 1.54) is 12.1 Å². The number of halogens is 1. The van der Waals surface area contributed by atoms with Crippen molar-refractivity contribution in [2.45, 2.75) is 20.3 Å². The number of benzene rings is 2. The van der Waals surface area contributed by atoms with Gasteiger partial charge in [0.15, 0.2) is 11.5 Å². The number of phenolic OH excluding ortho intramolecular Hbond substituents is 2. The maximum atomic E-state index is 12.3. The topological polar surface area (TPSA) is 69.6 Å². The van der Waals surface area contributed by atoms with Crippen LogP contribution in [0.25, 0.3) is 0 Å². The monoisotopic (exact) mass is 411 g/mol. The summed E-state index contributed by atoms with van der Waals surface area (Å²) in [7, 11) is 0. The largest absolute Gasteiger partial charge is 0.504 e. The van der Waals surface area contributed by atoms with Crippen molar-refractivity contribution in [3.8, 4) is 11.5 Å². The number of anilines is 1. The minimum absolute atomic E-state index is 0.0723. The van der Waals surface area contributed by atoms with E-state index in [1.807, 2.05) is 32.0 Å². The number of carbonyl (C=O) groups excluding carboxylic acids is 1. The van der Waals surface area contributed by atoms with Crippen LogP contribution in [-0.4, -0.2) is 16.1 Å². The van der Waals surface area contributed by atoms with Gasteiger partial charge in [0.05, 0.1) is 0 Å². The summed E-state index contributed by atoms with van der Waals surface area (Å²) in [6.45, 7) is 3.79. The fourth-order valence-corrected chi connectivity index (χ4v) is 2.81. The fourth-order valence-electron chi connectivity index (χ4n) is 2.17. The van der Waals surface area contributed by atoms with Crippen molar-refractivity contribution in [2.75, 3.05) is 5.32 Å². The molecule has 1 unspecified atom stereocenters. The number of nitrogens with one attached hydrogen (secondary N) is 1. The maximum Gasteiger partial charge on any atom is 0.227 e. The van der Waals surface area contributed by atoms with Crippen molar-refractivity contribution in [1.82, 2.24) is 0 Å². The van der Waals surface area contributed by atoms with Crippen LogP contribution in [-0.2, 0) is 11.2 Å². The van der Waals surface area contributed by atoms with E-state index in [0.717, 1.165) is 20.4 Å². The van der Waals surface area contributed by atoms with Gasteiger partial charge >= 0.3 is 0 Å². The van der Waals surface area contributed by atoms with Crippen LogP contribution in [0.2, 0.25) is 0 Å². The first-order valence-corrected chi connectivity index (χ1v) is 8.02. The number of amides is 1. The van der Waals surface area contributed by atoms with E-state index in [1.54, 1.807) is 6.07 Å². The molecule has 0 spiro atoms. The Labute approximate surface area is 143 Å². The highest BCUT2D eigenvalue weighted by Crippen LogP contribution is 2.26. The van der Waals surface area contributed by atoms with Crippen molar-refractivity contribution in [3.63, 3.8) is 0 Å². The van der Waals surface area contributed by atoms with Crippen molar-refractivity contribution in [1.29, 1.82) is 0 Å². The zero-order valence-electron chi connectivity index (χ0n) is 12.4. The Bertz CT molecular complexity index is 700. The Kier molecular flexibility index (Phi) is 5.28. The summed E-state index contributed by atoms with van der Waals surface area (Å²) in [5.74, 6) is -0.645. The van der Waals surface area contributed by atoms with E-state index >= 15 is 0 Å². The minimum Gasteiger partial charge on any atom is -0.504 e. The van der Waals surface area contributed by atoms with Gasteiger partial charge in [0.2, 0.25) is 5.91 Å². The molecule has 1 atom stereocenters. The minimum atomic E-state index is -0.248. The standard InChI is InChI=1S/C17H18INO3/c1-10-8-13(18)4-5-14(10)19-17(22)11(2)7-12-3-6-15(20)16(21)9-12/h3-6,8-9,11,20-21H,7H2,1-2H3,(H,19,22). The SMILES string of the molecule is Cc1cc(I)ccc1NC(=O)C(C)Cc1ccc(O)c(O)c1. The van der Waals surface area contributed by atoms with Gasteiger partial charge in [-0.2, -0.15) is 0 Å². The third kappa shape index (κ3) is 4.13. The molecule has 0 aliphatic rings. The van der Waals surface area contributed by atoms with Gasteiger partial charge in [0.25, 0.3) is 0 Å². The Morgan fingerprint density at radius 1 is 1.18 bits per heavy atom. The summed E-state index contributed by atoms with van der Waals surface area (Å²) in [6.07, 6.45) is 0.489. The van der Waals surface area contributed by atoms with Crippen LogP contribution >= 0.6 is 22.6 Å². The smallest absolute Gasteiger partial charge is 0.227 e. The van der Waals surface area contributed by atoms with E-state index in [4.69, 9.17) is 0 Å². The van der Waals surface area contributed by atoms with E-state index < -0.39 is 0 Å². The number of aryl methyl sites for hydroxylation is 1. The molecule has 0 fully saturated rings. The van der Waals surface area contributed by atoms with E-state index in [9.17, 15) is 15.0 Å². The summed E-state index contributed by atoms with van der Waals surface area (Å²) in [5.41, 5.74) is 2.64. The normalized spacial score (nSPS) is 12.0. The predicted octanol–water partition coefficient (Wildman–Crippen LogP) is 3.83. The van der Waals surface area contributed by atoms with Gasteiger partial charge in [-0.25, -0.2) is 0 Å². The summed E-state index contributed by atoms with van der Waals surface area (Å²) < 4.78 is 1.13. The average Bonchev–Trinajstić information content (AvgIpc) is 2.45. The van der Waals surface area contributed by atoms with Crippen molar-refractivity contribution < 1.29 is 15.0 Å². The number of carbonyl (C=O) groups is 1. The molecule has 0 aliphatic heterocycles. The van der Waals surface area contributed by atoms with Crippen LogP contribution in [0, 0.1) is 16.4 Å². The van der Waals surface area contributed by atoms with Crippen LogP contribution in [0.15, 0.2) is 36.4 Å². The number of hydrogen-bond acceptors (Lipinski definition) is 3. The molecule has 1 amide bonds. The third-order valence-corrected chi connectivity index (χ3v) is 4.15. The first kappa shape index (κ1) is 16.6. The van der Waals surface area contributed by atoms with Crippen LogP contribution < -0.4 is 5.32 Å². The molecule has 0 saturated heterocycles. The molecule has 0 heterocycles. The molecular weight excluding hydrogens is 393 g/mol. The summed E-state index contributed by atoms with van der Waals surface area (Å²) >= 11 is 2.23. The van der Waals surface area contributed by atoms with Crippen LogP contribution in [0.5, 0.6) is 11.5 Å². The van der Waals surface area contributed by atoms with Gasteiger partial charge < -0.3 is 15.5 Å². The van der Waals surface area contributed by atoms with Crippen LogP contribution in [0.1, 0.15) is 18.1 Å². The Morgan fingerprint density at radius 2 is 1.91 bits per heavy atom. The Morgan fingerprint density at radius 3 is 2.55 bits per heavy atom.